The Hall–Kier alpha value is -9.32. The zero-order chi connectivity index (χ0) is 46.8. The largest absolute Gasteiger partial charge is 0.416 e. The molecule has 14 rings (SSSR count). The molecule has 10 aromatic carbocycles. The highest BCUT2D eigenvalue weighted by Gasteiger charge is 2.31. The molecule has 0 atom stereocenters. The van der Waals surface area contributed by atoms with Gasteiger partial charge in [-0.15, -0.1) is 0 Å². The summed E-state index contributed by atoms with van der Waals surface area (Å²) in [5.41, 5.74) is 11.4. The van der Waals surface area contributed by atoms with E-state index in [1.165, 1.54) is 12.1 Å². The average Bonchev–Trinajstić information content (AvgIpc) is 4.13. The number of hydrogen-bond acceptors (Lipinski definition) is 1. The van der Waals surface area contributed by atoms with Gasteiger partial charge in [0.2, 0.25) is 0 Å². The summed E-state index contributed by atoms with van der Waals surface area (Å²) in [6.45, 7) is 0. The molecule has 0 spiro atoms. The van der Waals surface area contributed by atoms with Crippen LogP contribution in [-0.2, 0) is 6.18 Å². The minimum Gasteiger partial charge on any atom is -0.309 e. The summed E-state index contributed by atoms with van der Waals surface area (Å²) >= 11 is 0. The molecule has 0 aliphatic carbocycles. The summed E-state index contributed by atoms with van der Waals surface area (Å²) in [4.78, 5) is 0. The first kappa shape index (κ1) is 39.8. The Kier molecular flexibility index (Phi) is 8.44. The van der Waals surface area contributed by atoms with Crippen molar-refractivity contribution in [3.63, 3.8) is 0 Å². The summed E-state index contributed by atoms with van der Waals surface area (Å²) in [6.07, 6.45) is -4.58. The third-order valence-electron chi connectivity index (χ3n) is 14.2. The second kappa shape index (κ2) is 14.8. The molecule has 0 amide bonds. The van der Waals surface area contributed by atoms with E-state index in [4.69, 9.17) is 0 Å². The molecular formula is C62H36F3N5. The molecule has 70 heavy (non-hydrogen) atoms. The van der Waals surface area contributed by atoms with Gasteiger partial charge in [-0.3, -0.25) is 0 Å². The molecule has 0 unspecified atom stereocenters. The van der Waals surface area contributed by atoms with Crippen LogP contribution in [0.5, 0.6) is 0 Å². The molecule has 14 aromatic rings. The fourth-order valence-corrected chi connectivity index (χ4v) is 11.3. The smallest absolute Gasteiger partial charge is 0.309 e. The second-order valence-corrected chi connectivity index (χ2v) is 17.9. The fraction of sp³-hybridized carbons (Fsp3) is 0.0161. The van der Waals surface area contributed by atoms with Gasteiger partial charge in [-0.2, -0.15) is 18.4 Å². The van der Waals surface area contributed by atoms with Crippen LogP contribution in [0.15, 0.2) is 218 Å². The van der Waals surface area contributed by atoms with Crippen molar-refractivity contribution in [2.75, 3.05) is 0 Å². The average molecular weight is 908 g/mol. The van der Waals surface area contributed by atoms with Crippen molar-refractivity contribution in [2.24, 2.45) is 0 Å². The molecule has 4 aromatic heterocycles. The summed E-state index contributed by atoms with van der Waals surface area (Å²) in [6, 6.07) is 74.4. The van der Waals surface area contributed by atoms with Crippen molar-refractivity contribution in [3.05, 3.63) is 230 Å². The Bertz CT molecular complexity index is 4450. The Labute approximate surface area is 397 Å². The zero-order valence-corrected chi connectivity index (χ0v) is 37.2. The standard InChI is InChI=1S/C62H36F3N5/c63-62(64,65)40-15-13-14-38(32-40)49-36-60(69-56-26-11-5-20-47(56)50-34-41(28-30-58(50)69)67-52-22-7-1-16-43(52)44-17-2-8-23-53(44)67)39(37-66)33-61(49)70-57-27-12-6-21-48(57)51-35-42(29-31-59(51)70)68-54-24-9-3-18-45(54)46-19-4-10-25-55(46)68/h1-36H. The second-order valence-electron chi connectivity index (χ2n) is 17.9. The van der Waals surface area contributed by atoms with Gasteiger partial charge in [0.25, 0.3) is 0 Å². The van der Waals surface area contributed by atoms with Gasteiger partial charge in [0.1, 0.15) is 6.07 Å². The van der Waals surface area contributed by atoms with Crippen molar-refractivity contribution in [2.45, 2.75) is 6.18 Å². The minimum atomic E-state index is -4.58. The van der Waals surface area contributed by atoms with Crippen LogP contribution < -0.4 is 0 Å². The lowest BCUT2D eigenvalue weighted by Crippen LogP contribution is -2.06. The molecule has 0 aliphatic rings. The highest BCUT2D eigenvalue weighted by molar-refractivity contribution is 6.14. The van der Waals surface area contributed by atoms with Gasteiger partial charge in [0.05, 0.1) is 66.6 Å². The molecule has 0 radical (unpaired) electrons. The monoisotopic (exact) mass is 907 g/mol. The van der Waals surface area contributed by atoms with Gasteiger partial charge in [0, 0.05) is 60.0 Å². The summed E-state index contributed by atoms with van der Waals surface area (Å²) in [5.74, 6) is 0. The molecule has 5 nitrogen and oxygen atoms in total. The Morgan fingerprint density at radius 2 is 0.700 bits per heavy atom. The SMILES string of the molecule is N#Cc1cc(-n2c3ccccc3c3cc(-n4c5ccccc5c5ccccc54)ccc32)c(-c2cccc(C(F)(F)F)c2)cc1-n1c2ccccc2c2cc(-n3c4ccccc4c4ccccc43)ccc21. The molecule has 0 N–H and O–H groups in total. The normalized spacial score (nSPS) is 12.2. The first-order chi connectivity index (χ1) is 34.3. The van der Waals surface area contributed by atoms with E-state index in [1.54, 1.807) is 6.07 Å². The van der Waals surface area contributed by atoms with Gasteiger partial charge in [0.15, 0.2) is 0 Å². The minimum absolute atomic E-state index is 0.368. The number of halogens is 3. The Balaban J connectivity index is 1.03. The third-order valence-corrected chi connectivity index (χ3v) is 14.2. The van der Waals surface area contributed by atoms with Crippen LogP contribution >= 0.6 is 0 Å². The van der Waals surface area contributed by atoms with Crippen LogP contribution in [0.2, 0.25) is 0 Å². The predicted octanol–water partition coefficient (Wildman–Crippen LogP) is 16.6. The van der Waals surface area contributed by atoms with Crippen LogP contribution in [0.25, 0.3) is 121 Å². The van der Waals surface area contributed by atoms with Gasteiger partial charge in [-0.25, -0.2) is 0 Å². The lowest BCUT2D eigenvalue weighted by molar-refractivity contribution is -0.137. The highest BCUT2D eigenvalue weighted by atomic mass is 19.4. The van der Waals surface area contributed by atoms with Crippen LogP contribution in [0.4, 0.5) is 13.2 Å². The molecule has 330 valence electrons. The molecule has 0 fully saturated rings. The molecule has 0 saturated heterocycles. The van der Waals surface area contributed by atoms with Crippen molar-refractivity contribution in [3.8, 4) is 39.9 Å². The van der Waals surface area contributed by atoms with Crippen LogP contribution in [-0.4, -0.2) is 18.3 Å². The first-order valence-electron chi connectivity index (χ1n) is 23.1. The number of alkyl halides is 3. The van der Waals surface area contributed by atoms with Crippen molar-refractivity contribution < 1.29 is 13.2 Å². The molecular weight excluding hydrogens is 872 g/mol. The van der Waals surface area contributed by atoms with Gasteiger partial charge in [-0.1, -0.05) is 121 Å². The molecule has 0 aliphatic heterocycles. The number of rotatable bonds is 5. The fourth-order valence-electron chi connectivity index (χ4n) is 11.3. The molecule has 0 saturated carbocycles. The molecule has 8 heteroatoms. The number of nitriles is 1. The summed E-state index contributed by atoms with van der Waals surface area (Å²) in [5, 5.41) is 19.8. The number of hydrogen-bond donors (Lipinski definition) is 0. The first-order valence-corrected chi connectivity index (χ1v) is 23.1. The Morgan fingerprint density at radius 1 is 0.329 bits per heavy atom. The quantitative estimate of drug-likeness (QED) is 0.170. The predicted molar refractivity (Wildman–Crippen MR) is 279 cm³/mol. The van der Waals surface area contributed by atoms with Gasteiger partial charge >= 0.3 is 6.18 Å². The molecule has 0 bridgehead atoms. The van der Waals surface area contributed by atoms with E-state index in [2.05, 4.69) is 170 Å². The van der Waals surface area contributed by atoms with Crippen molar-refractivity contribution in [1.29, 1.82) is 5.26 Å². The van der Waals surface area contributed by atoms with E-state index < -0.39 is 11.7 Å². The number of benzene rings is 10. The summed E-state index contributed by atoms with van der Waals surface area (Å²) in [7, 11) is 0. The van der Waals surface area contributed by atoms with Gasteiger partial charge in [-0.05, 0) is 103 Å². The van der Waals surface area contributed by atoms with E-state index in [1.807, 2.05) is 48.5 Å². The lowest BCUT2D eigenvalue weighted by atomic mass is 9.97. The maximum Gasteiger partial charge on any atom is 0.416 e. The third kappa shape index (κ3) is 5.72. The van der Waals surface area contributed by atoms with Crippen LogP contribution in [0.3, 0.4) is 0 Å². The lowest BCUT2D eigenvalue weighted by Gasteiger charge is -2.19. The number of nitrogens with zero attached hydrogens (tertiary/aromatic N) is 5. The highest BCUT2D eigenvalue weighted by Crippen LogP contribution is 2.44. The number of aromatic nitrogens is 4. The number of fused-ring (bicyclic) bond motifs is 12. The maximum atomic E-state index is 14.6. The Morgan fingerprint density at radius 3 is 1.11 bits per heavy atom. The van der Waals surface area contributed by atoms with Crippen LogP contribution in [0.1, 0.15) is 11.1 Å². The number of para-hydroxylation sites is 6. The van der Waals surface area contributed by atoms with Crippen LogP contribution in [0, 0.1) is 11.3 Å². The van der Waals surface area contributed by atoms with Gasteiger partial charge < -0.3 is 18.3 Å². The van der Waals surface area contributed by atoms with Crippen molar-refractivity contribution in [1.82, 2.24) is 18.3 Å². The van der Waals surface area contributed by atoms with E-state index in [-0.39, 0.29) is 0 Å². The summed E-state index contributed by atoms with van der Waals surface area (Å²) < 4.78 is 52.7. The maximum absolute atomic E-state index is 14.6. The van der Waals surface area contributed by atoms with Crippen molar-refractivity contribution >= 4 is 87.2 Å². The zero-order valence-electron chi connectivity index (χ0n) is 37.2. The molecule has 4 heterocycles. The van der Waals surface area contributed by atoms with E-state index >= 15 is 0 Å². The van der Waals surface area contributed by atoms with E-state index in [0.29, 0.717) is 28.1 Å². The topological polar surface area (TPSA) is 43.5 Å². The van der Waals surface area contributed by atoms with E-state index in [9.17, 15) is 18.4 Å². The van der Waals surface area contributed by atoms with E-state index in [0.717, 1.165) is 105 Å².